The third-order valence-electron chi connectivity index (χ3n) is 2.59. The lowest BCUT2D eigenvalue weighted by Crippen LogP contribution is -2.46. The van der Waals surface area contributed by atoms with Gasteiger partial charge in [0, 0.05) is 5.88 Å². The van der Waals surface area contributed by atoms with E-state index in [2.05, 4.69) is 0 Å². The second-order valence-electron chi connectivity index (χ2n) is 3.62. The third-order valence-corrected chi connectivity index (χ3v) is 2.78. The molecule has 1 aliphatic heterocycles. The SMILES string of the molecule is Cc1ccc(C2(CCCl)COC2)o1. The van der Waals surface area contributed by atoms with Gasteiger partial charge in [0.1, 0.15) is 11.5 Å². The van der Waals surface area contributed by atoms with Gasteiger partial charge in [0.05, 0.1) is 18.6 Å². The van der Waals surface area contributed by atoms with Crippen LogP contribution in [0.5, 0.6) is 0 Å². The molecule has 1 aliphatic rings. The highest BCUT2D eigenvalue weighted by atomic mass is 35.5. The van der Waals surface area contributed by atoms with Crippen LogP contribution in [-0.4, -0.2) is 19.1 Å². The van der Waals surface area contributed by atoms with E-state index in [-0.39, 0.29) is 5.41 Å². The normalized spacial score (nSPS) is 19.8. The summed E-state index contributed by atoms with van der Waals surface area (Å²) in [5, 5.41) is 0. The summed E-state index contributed by atoms with van der Waals surface area (Å²) in [5.74, 6) is 2.64. The van der Waals surface area contributed by atoms with Gasteiger partial charge in [-0.1, -0.05) is 0 Å². The van der Waals surface area contributed by atoms with Gasteiger partial charge in [-0.05, 0) is 25.5 Å². The van der Waals surface area contributed by atoms with Crippen LogP contribution in [0.3, 0.4) is 0 Å². The Kier molecular flexibility index (Phi) is 2.35. The molecule has 0 radical (unpaired) electrons. The predicted molar refractivity (Wildman–Crippen MR) is 51.3 cm³/mol. The van der Waals surface area contributed by atoms with E-state index in [9.17, 15) is 0 Å². The van der Waals surface area contributed by atoms with Gasteiger partial charge in [0.25, 0.3) is 0 Å². The zero-order chi connectivity index (χ0) is 9.31. The number of alkyl halides is 1. The van der Waals surface area contributed by atoms with Crippen LogP contribution in [-0.2, 0) is 10.2 Å². The first-order valence-corrected chi connectivity index (χ1v) is 5.01. The topological polar surface area (TPSA) is 22.4 Å². The van der Waals surface area contributed by atoms with Crippen LogP contribution in [0.25, 0.3) is 0 Å². The van der Waals surface area contributed by atoms with Gasteiger partial charge in [0.15, 0.2) is 0 Å². The maximum atomic E-state index is 5.76. The molecule has 1 aromatic rings. The molecule has 0 N–H and O–H groups in total. The van der Waals surface area contributed by atoms with Crippen LogP contribution < -0.4 is 0 Å². The van der Waals surface area contributed by atoms with Crippen molar-refractivity contribution in [3.8, 4) is 0 Å². The molecule has 1 fully saturated rings. The number of hydrogen-bond acceptors (Lipinski definition) is 2. The van der Waals surface area contributed by atoms with Crippen LogP contribution >= 0.6 is 11.6 Å². The molecular formula is C10H13ClO2. The molecule has 0 aliphatic carbocycles. The molecule has 2 rings (SSSR count). The average Bonchev–Trinajstić information content (AvgIpc) is 2.44. The van der Waals surface area contributed by atoms with Crippen LogP contribution in [0.4, 0.5) is 0 Å². The minimum absolute atomic E-state index is 0.0655. The van der Waals surface area contributed by atoms with Crippen molar-refractivity contribution in [1.29, 1.82) is 0 Å². The summed E-state index contributed by atoms with van der Waals surface area (Å²) in [7, 11) is 0. The number of rotatable bonds is 3. The average molecular weight is 201 g/mol. The summed E-state index contributed by atoms with van der Waals surface area (Å²) in [6.45, 7) is 3.44. The van der Waals surface area contributed by atoms with Crippen molar-refractivity contribution in [2.24, 2.45) is 0 Å². The second kappa shape index (κ2) is 3.35. The molecule has 0 saturated carbocycles. The highest BCUT2D eigenvalue weighted by molar-refractivity contribution is 6.17. The lowest BCUT2D eigenvalue weighted by Gasteiger charge is -2.39. The Morgan fingerprint density at radius 1 is 1.46 bits per heavy atom. The maximum Gasteiger partial charge on any atom is 0.114 e. The molecule has 0 aromatic carbocycles. The Hall–Kier alpha value is -0.470. The predicted octanol–water partition coefficient (Wildman–Crippen LogP) is 2.48. The Balaban J connectivity index is 2.21. The summed E-state index contributed by atoms with van der Waals surface area (Å²) in [6, 6.07) is 4.02. The molecule has 1 aromatic heterocycles. The zero-order valence-corrected chi connectivity index (χ0v) is 8.43. The molecule has 0 atom stereocenters. The van der Waals surface area contributed by atoms with Crippen LogP contribution in [0, 0.1) is 6.92 Å². The minimum atomic E-state index is 0.0655. The van der Waals surface area contributed by atoms with E-state index in [1.165, 1.54) is 0 Å². The lowest BCUT2D eigenvalue weighted by molar-refractivity contribution is -0.0717. The Labute approximate surface area is 82.8 Å². The highest BCUT2D eigenvalue weighted by Gasteiger charge is 2.42. The first-order chi connectivity index (χ1) is 6.27. The standard InChI is InChI=1S/C10H13ClO2/c1-8-2-3-9(13-8)10(4-5-11)6-12-7-10/h2-3H,4-7H2,1H3. The zero-order valence-electron chi connectivity index (χ0n) is 7.68. The quantitative estimate of drug-likeness (QED) is 0.700. The molecule has 13 heavy (non-hydrogen) atoms. The summed E-state index contributed by atoms with van der Waals surface area (Å²) in [4.78, 5) is 0. The van der Waals surface area contributed by atoms with Crippen molar-refractivity contribution in [2.75, 3.05) is 19.1 Å². The molecule has 0 bridgehead atoms. The van der Waals surface area contributed by atoms with Crippen molar-refractivity contribution >= 4 is 11.6 Å². The number of halogens is 1. The summed E-state index contributed by atoms with van der Waals surface area (Å²) < 4.78 is 10.8. The van der Waals surface area contributed by atoms with E-state index in [1.54, 1.807) is 0 Å². The van der Waals surface area contributed by atoms with Crippen molar-refractivity contribution in [3.05, 3.63) is 23.7 Å². The van der Waals surface area contributed by atoms with Gasteiger partial charge in [0.2, 0.25) is 0 Å². The second-order valence-corrected chi connectivity index (χ2v) is 4.00. The lowest BCUT2D eigenvalue weighted by atomic mass is 9.81. The third kappa shape index (κ3) is 1.49. The monoisotopic (exact) mass is 200 g/mol. The molecule has 72 valence electrons. The van der Waals surface area contributed by atoms with Crippen molar-refractivity contribution in [1.82, 2.24) is 0 Å². The first kappa shape index (κ1) is 9.10. The molecule has 0 unspecified atom stereocenters. The number of aryl methyl sites for hydroxylation is 1. The molecule has 3 heteroatoms. The summed E-state index contributed by atoms with van der Waals surface area (Å²) in [5.41, 5.74) is 0.0655. The maximum absolute atomic E-state index is 5.76. The van der Waals surface area contributed by atoms with E-state index in [1.807, 2.05) is 19.1 Å². The van der Waals surface area contributed by atoms with Gasteiger partial charge in [-0.15, -0.1) is 11.6 Å². The molecular weight excluding hydrogens is 188 g/mol. The molecule has 0 amide bonds. The van der Waals surface area contributed by atoms with Gasteiger partial charge >= 0.3 is 0 Å². The Bertz CT molecular complexity index is 289. The fourth-order valence-corrected chi connectivity index (χ4v) is 2.02. The Morgan fingerprint density at radius 3 is 2.62 bits per heavy atom. The van der Waals surface area contributed by atoms with Crippen molar-refractivity contribution in [2.45, 2.75) is 18.8 Å². The number of furan rings is 1. The molecule has 0 spiro atoms. The van der Waals surface area contributed by atoms with Gasteiger partial charge in [-0.2, -0.15) is 0 Å². The summed E-state index contributed by atoms with van der Waals surface area (Å²) in [6.07, 6.45) is 0.932. The van der Waals surface area contributed by atoms with E-state index in [4.69, 9.17) is 20.8 Å². The van der Waals surface area contributed by atoms with Gasteiger partial charge < -0.3 is 9.15 Å². The van der Waals surface area contributed by atoms with Crippen molar-refractivity contribution < 1.29 is 9.15 Å². The highest BCUT2D eigenvalue weighted by Crippen LogP contribution is 2.36. The number of hydrogen-bond donors (Lipinski definition) is 0. The first-order valence-electron chi connectivity index (χ1n) is 4.47. The van der Waals surface area contributed by atoms with E-state index < -0.39 is 0 Å². The van der Waals surface area contributed by atoms with Gasteiger partial charge in [-0.25, -0.2) is 0 Å². The van der Waals surface area contributed by atoms with E-state index >= 15 is 0 Å². The van der Waals surface area contributed by atoms with Crippen molar-refractivity contribution in [3.63, 3.8) is 0 Å². The number of ether oxygens (including phenoxy) is 1. The largest absolute Gasteiger partial charge is 0.466 e. The smallest absolute Gasteiger partial charge is 0.114 e. The fourth-order valence-electron chi connectivity index (χ4n) is 1.66. The van der Waals surface area contributed by atoms with E-state index in [0.29, 0.717) is 5.88 Å². The van der Waals surface area contributed by atoms with Crippen LogP contribution in [0.1, 0.15) is 17.9 Å². The minimum Gasteiger partial charge on any atom is -0.466 e. The fraction of sp³-hybridized carbons (Fsp3) is 0.600. The Morgan fingerprint density at radius 2 is 2.23 bits per heavy atom. The van der Waals surface area contributed by atoms with Crippen LogP contribution in [0.15, 0.2) is 16.5 Å². The van der Waals surface area contributed by atoms with E-state index in [0.717, 1.165) is 31.2 Å². The van der Waals surface area contributed by atoms with Crippen LogP contribution in [0.2, 0.25) is 0 Å². The molecule has 2 nitrogen and oxygen atoms in total. The summed E-state index contributed by atoms with van der Waals surface area (Å²) >= 11 is 5.76. The molecule has 1 saturated heterocycles. The molecule has 2 heterocycles. The van der Waals surface area contributed by atoms with Gasteiger partial charge in [-0.3, -0.25) is 0 Å².